The Morgan fingerprint density at radius 1 is 0.478 bits per heavy atom. The maximum Gasteiger partial charge on any atom is 0.169 e. The quantitative estimate of drug-likeness (QED) is 0.402. The van der Waals surface area contributed by atoms with Gasteiger partial charge in [-0.15, -0.1) is 0 Å². The zero-order valence-electron chi connectivity index (χ0n) is 11.8. The summed E-state index contributed by atoms with van der Waals surface area (Å²) >= 11 is 24.8. The largest absolute Gasteiger partial charge is 0.169 e. The highest BCUT2D eigenvalue weighted by Crippen LogP contribution is 2.36. The van der Waals surface area contributed by atoms with Crippen molar-refractivity contribution in [3.8, 4) is 0 Å². The fourth-order valence-corrected chi connectivity index (χ4v) is 5.79. The molecule has 0 radical (unpaired) electrons. The maximum atomic E-state index is 6.20. The van der Waals surface area contributed by atoms with Crippen LogP contribution in [0, 0.1) is 0 Å². The average Bonchev–Trinajstić information content (AvgIpc) is 2.46. The third-order valence-corrected chi connectivity index (χ3v) is 6.15. The Morgan fingerprint density at radius 2 is 0.870 bits per heavy atom. The van der Waals surface area contributed by atoms with Gasteiger partial charge in [0.2, 0.25) is 0 Å². The molecule has 0 spiro atoms. The van der Waals surface area contributed by atoms with Gasteiger partial charge in [-0.2, -0.15) is 0 Å². The average molecular weight is 401 g/mol. The van der Waals surface area contributed by atoms with Crippen LogP contribution in [-0.4, -0.2) is 0 Å². The maximum absolute atomic E-state index is 6.20. The molecule has 0 aliphatic heterocycles. The minimum Gasteiger partial charge on any atom is -0.0841 e. The van der Waals surface area contributed by atoms with E-state index in [1.807, 2.05) is 42.5 Å². The van der Waals surface area contributed by atoms with E-state index in [1.54, 1.807) is 12.1 Å². The normalized spacial score (nSPS) is 11.0. The Morgan fingerprint density at radius 3 is 1.26 bits per heavy atom. The van der Waals surface area contributed by atoms with Crippen molar-refractivity contribution in [3.63, 3.8) is 0 Å². The molecule has 3 aromatic rings. The van der Waals surface area contributed by atoms with Gasteiger partial charge in [0.1, 0.15) is 0 Å². The SMILES string of the molecule is Clc1cc(Cl)cc([S+](c2ccccc2)c2cc(Cl)cc(Cl)c2)c1. The Hall–Kier alpha value is -0.830. The summed E-state index contributed by atoms with van der Waals surface area (Å²) in [6.45, 7) is 0. The van der Waals surface area contributed by atoms with Crippen LogP contribution in [0.3, 0.4) is 0 Å². The molecule has 0 saturated carbocycles. The van der Waals surface area contributed by atoms with Crippen LogP contribution in [0.25, 0.3) is 0 Å². The Balaban J connectivity index is 2.22. The van der Waals surface area contributed by atoms with Gasteiger partial charge in [0.25, 0.3) is 0 Å². The van der Waals surface area contributed by atoms with Gasteiger partial charge in [-0.1, -0.05) is 64.6 Å². The second-order valence-electron chi connectivity index (χ2n) is 4.83. The molecule has 0 aliphatic carbocycles. The molecule has 0 aliphatic rings. The summed E-state index contributed by atoms with van der Waals surface area (Å²) in [5, 5.41) is 2.42. The molecular formula is C18H11Cl4S+. The molecule has 116 valence electrons. The predicted molar refractivity (Wildman–Crippen MR) is 102 cm³/mol. The topological polar surface area (TPSA) is 0 Å². The fraction of sp³-hybridized carbons (Fsp3) is 0. The van der Waals surface area contributed by atoms with Crippen molar-refractivity contribution in [3.05, 3.63) is 86.8 Å². The molecule has 0 amide bonds. The van der Waals surface area contributed by atoms with E-state index in [-0.39, 0.29) is 0 Å². The molecule has 0 unspecified atom stereocenters. The number of halogens is 4. The van der Waals surface area contributed by atoms with Crippen LogP contribution in [0.2, 0.25) is 20.1 Å². The van der Waals surface area contributed by atoms with Crippen LogP contribution in [0.4, 0.5) is 0 Å². The number of hydrogen-bond acceptors (Lipinski definition) is 0. The molecule has 0 aromatic heterocycles. The smallest absolute Gasteiger partial charge is 0.0841 e. The Kier molecular flexibility index (Phi) is 5.45. The van der Waals surface area contributed by atoms with Gasteiger partial charge in [0.05, 0.1) is 10.9 Å². The van der Waals surface area contributed by atoms with Crippen LogP contribution < -0.4 is 0 Å². The molecule has 3 aromatic carbocycles. The van der Waals surface area contributed by atoms with Gasteiger partial charge in [0.15, 0.2) is 14.7 Å². The highest BCUT2D eigenvalue weighted by Gasteiger charge is 2.30. The first-order chi connectivity index (χ1) is 11.0. The molecule has 0 saturated heterocycles. The number of benzene rings is 3. The van der Waals surface area contributed by atoms with Crippen LogP contribution >= 0.6 is 46.4 Å². The van der Waals surface area contributed by atoms with Crippen molar-refractivity contribution in [2.45, 2.75) is 14.7 Å². The fourth-order valence-electron chi connectivity index (χ4n) is 2.26. The van der Waals surface area contributed by atoms with Crippen molar-refractivity contribution in [2.75, 3.05) is 0 Å². The molecule has 0 N–H and O–H groups in total. The second-order valence-corrected chi connectivity index (χ2v) is 8.60. The Labute approximate surface area is 158 Å². The first kappa shape index (κ1) is 17.0. The minimum atomic E-state index is -0.394. The molecule has 5 heteroatoms. The van der Waals surface area contributed by atoms with Gasteiger partial charge in [-0.3, -0.25) is 0 Å². The van der Waals surface area contributed by atoms with Crippen LogP contribution in [0.5, 0.6) is 0 Å². The van der Waals surface area contributed by atoms with E-state index >= 15 is 0 Å². The molecule has 23 heavy (non-hydrogen) atoms. The monoisotopic (exact) mass is 399 g/mol. The third-order valence-electron chi connectivity index (χ3n) is 3.12. The van der Waals surface area contributed by atoms with E-state index in [9.17, 15) is 0 Å². The van der Waals surface area contributed by atoms with Crippen LogP contribution in [-0.2, 0) is 10.9 Å². The molecule has 0 atom stereocenters. The van der Waals surface area contributed by atoms with E-state index in [2.05, 4.69) is 12.1 Å². The Bertz CT molecular complexity index is 742. The lowest BCUT2D eigenvalue weighted by Gasteiger charge is -2.09. The summed E-state index contributed by atoms with van der Waals surface area (Å²) in [6, 6.07) is 21.3. The van der Waals surface area contributed by atoms with Gasteiger partial charge >= 0.3 is 0 Å². The van der Waals surface area contributed by atoms with E-state index in [4.69, 9.17) is 46.4 Å². The van der Waals surface area contributed by atoms with E-state index < -0.39 is 10.9 Å². The van der Waals surface area contributed by atoms with Gasteiger partial charge in [-0.05, 0) is 24.3 Å². The first-order valence-corrected chi connectivity index (χ1v) is 9.48. The number of rotatable bonds is 3. The zero-order valence-corrected chi connectivity index (χ0v) is 15.6. The summed E-state index contributed by atoms with van der Waals surface area (Å²) in [5.41, 5.74) is 0. The van der Waals surface area contributed by atoms with Crippen molar-refractivity contribution in [1.82, 2.24) is 0 Å². The molecular weight excluding hydrogens is 390 g/mol. The van der Waals surface area contributed by atoms with Gasteiger partial charge in [-0.25, -0.2) is 0 Å². The summed E-state index contributed by atoms with van der Waals surface area (Å²) in [7, 11) is -0.394. The molecule has 0 heterocycles. The molecule has 0 fully saturated rings. The highest BCUT2D eigenvalue weighted by molar-refractivity contribution is 7.97. The van der Waals surface area contributed by atoms with Crippen molar-refractivity contribution in [2.24, 2.45) is 0 Å². The lowest BCUT2D eigenvalue weighted by molar-refractivity contribution is 1.32. The third kappa shape index (κ3) is 4.17. The lowest BCUT2D eigenvalue weighted by atomic mass is 10.3. The lowest BCUT2D eigenvalue weighted by Crippen LogP contribution is -2.05. The zero-order chi connectivity index (χ0) is 16.4. The van der Waals surface area contributed by atoms with Crippen molar-refractivity contribution in [1.29, 1.82) is 0 Å². The molecule has 3 rings (SSSR count). The van der Waals surface area contributed by atoms with Gasteiger partial charge < -0.3 is 0 Å². The number of hydrogen-bond donors (Lipinski definition) is 0. The summed E-state index contributed by atoms with van der Waals surface area (Å²) in [6.07, 6.45) is 0. The predicted octanol–water partition coefficient (Wildman–Crippen LogP) is 7.40. The van der Waals surface area contributed by atoms with Crippen LogP contribution in [0.15, 0.2) is 81.4 Å². The van der Waals surface area contributed by atoms with Gasteiger partial charge in [0, 0.05) is 44.4 Å². The highest BCUT2D eigenvalue weighted by atomic mass is 35.5. The summed E-state index contributed by atoms with van der Waals surface area (Å²) < 4.78 is 0. The second kappa shape index (κ2) is 7.38. The minimum absolute atomic E-state index is 0.394. The van der Waals surface area contributed by atoms with E-state index in [1.165, 1.54) is 0 Å². The van der Waals surface area contributed by atoms with E-state index in [0.29, 0.717) is 20.1 Å². The van der Waals surface area contributed by atoms with E-state index in [0.717, 1.165) is 14.7 Å². The summed E-state index contributed by atoms with van der Waals surface area (Å²) in [5.74, 6) is 0. The van der Waals surface area contributed by atoms with Crippen molar-refractivity contribution < 1.29 is 0 Å². The standard InChI is InChI=1S/C18H11Cl4S/c19-12-6-13(20)9-17(8-12)23(16-4-2-1-3-5-16)18-10-14(21)7-15(22)11-18/h1-11H/q+1. The molecule has 0 nitrogen and oxygen atoms in total. The molecule has 0 bridgehead atoms. The summed E-state index contributed by atoms with van der Waals surface area (Å²) in [4.78, 5) is 3.18. The van der Waals surface area contributed by atoms with Crippen molar-refractivity contribution >= 4 is 57.3 Å². The first-order valence-electron chi connectivity index (χ1n) is 6.74. The van der Waals surface area contributed by atoms with Crippen LogP contribution in [0.1, 0.15) is 0 Å².